The van der Waals surface area contributed by atoms with Gasteiger partial charge in [0.2, 0.25) is 0 Å². The molecule has 1 saturated heterocycles. The molecule has 0 atom stereocenters. The van der Waals surface area contributed by atoms with Gasteiger partial charge in [-0.3, -0.25) is 4.79 Å². The Bertz CT molecular complexity index is 1270. The van der Waals surface area contributed by atoms with Crippen LogP contribution in [0.1, 0.15) is 55.1 Å². The van der Waals surface area contributed by atoms with Crippen molar-refractivity contribution in [3.05, 3.63) is 70.9 Å². The van der Waals surface area contributed by atoms with E-state index >= 15 is 0 Å². The van der Waals surface area contributed by atoms with Crippen LogP contribution in [0.3, 0.4) is 0 Å². The van der Waals surface area contributed by atoms with Crippen molar-refractivity contribution in [1.29, 1.82) is 0 Å². The van der Waals surface area contributed by atoms with Gasteiger partial charge in [-0.25, -0.2) is 4.98 Å². The first-order chi connectivity index (χ1) is 18.7. The molecule has 2 heterocycles. The Kier molecular flexibility index (Phi) is 10.9. The molecule has 0 bridgehead atoms. The number of thioether (sulfide) groups is 1. The van der Waals surface area contributed by atoms with Crippen molar-refractivity contribution in [2.75, 3.05) is 17.9 Å². The molecule has 39 heavy (non-hydrogen) atoms. The highest BCUT2D eigenvalue weighted by Crippen LogP contribution is 2.37. The van der Waals surface area contributed by atoms with E-state index in [-0.39, 0.29) is 10.8 Å². The van der Waals surface area contributed by atoms with Crippen LogP contribution in [0.15, 0.2) is 74.2 Å². The second kappa shape index (κ2) is 14.2. The number of nitrogens with zero attached hydrogens (tertiary/aromatic N) is 1. The minimum Gasteiger partial charge on any atom is -0.381 e. The third-order valence-electron chi connectivity index (χ3n) is 5.93. The lowest BCUT2D eigenvalue weighted by Crippen LogP contribution is -2.17. The summed E-state index contributed by atoms with van der Waals surface area (Å²) in [7, 11) is 0. The van der Waals surface area contributed by atoms with E-state index in [9.17, 15) is 18.0 Å². The number of ketones is 1. The fraction of sp³-hybridized carbons (Fsp3) is 0.357. The first-order valence-electron chi connectivity index (χ1n) is 12.6. The molecule has 1 aliphatic rings. The standard InChI is InChI=1S/C28H28ClF3N2O2S3/c1-2-3-4-23(35)27-25(38-20-8-6-19(7-9-20)37-21-13-15-36-16-14-21)11-12-26(33-27)34-39-24-10-5-18(17-22(24)29)28(30,31)32/h5-12,17,21H,2-4,13-16H2,1H3,(H,33,34). The molecular formula is C28H28ClF3N2O2S3. The van der Waals surface area contributed by atoms with Gasteiger partial charge in [0.15, 0.2) is 5.78 Å². The van der Waals surface area contributed by atoms with E-state index in [0.29, 0.717) is 28.1 Å². The summed E-state index contributed by atoms with van der Waals surface area (Å²) in [6, 6.07) is 15.1. The second-order valence-electron chi connectivity index (χ2n) is 8.92. The van der Waals surface area contributed by atoms with Gasteiger partial charge in [0.05, 0.1) is 10.6 Å². The van der Waals surface area contributed by atoms with Gasteiger partial charge < -0.3 is 9.46 Å². The van der Waals surface area contributed by atoms with Crippen molar-refractivity contribution < 1.29 is 22.7 Å². The van der Waals surface area contributed by atoms with Crippen LogP contribution in [0, 0.1) is 0 Å². The molecule has 11 heteroatoms. The molecule has 0 aliphatic carbocycles. The Balaban J connectivity index is 1.47. The van der Waals surface area contributed by atoms with Crippen molar-refractivity contribution in [3.8, 4) is 0 Å². The summed E-state index contributed by atoms with van der Waals surface area (Å²) < 4.78 is 47.3. The Morgan fingerprint density at radius 3 is 2.41 bits per heavy atom. The lowest BCUT2D eigenvalue weighted by Gasteiger charge is -2.21. The molecule has 0 saturated carbocycles. The molecule has 1 N–H and O–H groups in total. The number of alkyl halides is 3. The highest BCUT2D eigenvalue weighted by Gasteiger charge is 2.31. The normalized spacial score (nSPS) is 14.4. The zero-order chi connectivity index (χ0) is 27.8. The third kappa shape index (κ3) is 8.82. The van der Waals surface area contributed by atoms with Crippen molar-refractivity contribution in [1.82, 2.24) is 4.98 Å². The number of ether oxygens (including phenoxy) is 1. The Morgan fingerprint density at radius 1 is 1.05 bits per heavy atom. The van der Waals surface area contributed by atoms with Crippen molar-refractivity contribution in [2.24, 2.45) is 0 Å². The molecule has 1 aromatic heterocycles. The SMILES string of the molecule is CCCCC(=O)c1nc(NSc2ccc(C(F)(F)F)cc2Cl)ccc1Sc1ccc(SC2CCOCC2)cc1. The Hall–Kier alpha value is -1.85. The third-order valence-corrected chi connectivity index (χ3v) is 9.65. The quantitative estimate of drug-likeness (QED) is 0.171. The van der Waals surface area contributed by atoms with Crippen LogP contribution in [0.5, 0.6) is 0 Å². The zero-order valence-corrected chi connectivity index (χ0v) is 24.4. The number of anilines is 1. The molecular weight excluding hydrogens is 585 g/mol. The van der Waals surface area contributed by atoms with Gasteiger partial charge in [-0.2, -0.15) is 13.2 Å². The number of rotatable bonds is 11. The maximum atomic E-state index is 13.1. The van der Waals surface area contributed by atoms with Gasteiger partial charge in [0, 0.05) is 44.5 Å². The van der Waals surface area contributed by atoms with Crippen LogP contribution < -0.4 is 4.72 Å². The molecule has 4 rings (SSSR count). The first kappa shape index (κ1) is 30.1. The lowest BCUT2D eigenvalue weighted by molar-refractivity contribution is -0.137. The smallest absolute Gasteiger partial charge is 0.381 e. The molecule has 208 valence electrons. The number of benzene rings is 2. The van der Waals surface area contributed by atoms with Crippen molar-refractivity contribution in [3.63, 3.8) is 0 Å². The summed E-state index contributed by atoms with van der Waals surface area (Å²) in [6.45, 7) is 3.65. The fourth-order valence-electron chi connectivity index (χ4n) is 3.81. The number of Topliss-reactive ketones (excluding diaryl/α,β-unsaturated/α-hetero) is 1. The summed E-state index contributed by atoms with van der Waals surface area (Å²) in [5.41, 5.74) is -0.436. The number of carbonyl (C=O) groups excluding carboxylic acids is 1. The van der Waals surface area contributed by atoms with Crippen LogP contribution >= 0.6 is 47.1 Å². The lowest BCUT2D eigenvalue weighted by atomic mass is 10.1. The van der Waals surface area contributed by atoms with Crippen LogP contribution in [0.2, 0.25) is 5.02 Å². The summed E-state index contributed by atoms with van der Waals surface area (Å²) in [6.07, 6.45) is -0.317. The number of nitrogens with one attached hydrogen (secondary N) is 1. The monoisotopic (exact) mass is 612 g/mol. The number of carbonyl (C=O) groups is 1. The number of hydrogen-bond donors (Lipinski definition) is 1. The molecule has 0 amide bonds. The van der Waals surface area contributed by atoms with Crippen LogP contribution in [0.25, 0.3) is 0 Å². The van der Waals surface area contributed by atoms with E-state index in [2.05, 4.69) is 34.0 Å². The number of hydrogen-bond acceptors (Lipinski definition) is 7. The fourth-order valence-corrected chi connectivity index (χ4v) is 6.75. The van der Waals surface area contributed by atoms with Crippen molar-refractivity contribution >= 4 is 58.7 Å². The summed E-state index contributed by atoms with van der Waals surface area (Å²) in [4.78, 5) is 21.0. The Morgan fingerprint density at radius 2 is 1.74 bits per heavy atom. The number of unbranched alkanes of at least 4 members (excludes halogenated alkanes) is 1. The van der Waals surface area contributed by atoms with E-state index in [0.717, 1.165) is 72.8 Å². The van der Waals surface area contributed by atoms with E-state index in [1.54, 1.807) is 6.07 Å². The summed E-state index contributed by atoms with van der Waals surface area (Å²) >= 11 is 10.5. The van der Waals surface area contributed by atoms with Crippen LogP contribution in [-0.4, -0.2) is 29.2 Å². The summed E-state index contributed by atoms with van der Waals surface area (Å²) in [5.74, 6) is 0.371. The van der Waals surface area contributed by atoms with Crippen LogP contribution in [-0.2, 0) is 10.9 Å². The second-order valence-corrected chi connectivity index (χ2v) is 12.7. The van der Waals surface area contributed by atoms with Gasteiger partial charge >= 0.3 is 6.18 Å². The predicted molar refractivity (Wildman–Crippen MR) is 154 cm³/mol. The molecule has 2 aromatic carbocycles. The van der Waals surface area contributed by atoms with Gasteiger partial charge in [0.25, 0.3) is 0 Å². The molecule has 0 unspecified atom stereocenters. The highest BCUT2D eigenvalue weighted by atomic mass is 35.5. The van der Waals surface area contributed by atoms with Crippen LogP contribution in [0.4, 0.5) is 19.0 Å². The zero-order valence-electron chi connectivity index (χ0n) is 21.2. The number of pyridine rings is 1. The van der Waals surface area contributed by atoms with Gasteiger partial charge in [-0.15, -0.1) is 11.8 Å². The average molecular weight is 613 g/mol. The molecule has 4 nitrogen and oxygen atoms in total. The van der Waals surface area contributed by atoms with E-state index in [4.69, 9.17) is 16.3 Å². The number of aromatic nitrogens is 1. The molecule has 0 spiro atoms. The minimum absolute atomic E-state index is 0.0211. The number of halogens is 4. The largest absolute Gasteiger partial charge is 0.416 e. The van der Waals surface area contributed by atoms with Gasteiger partial charge in [-0.05, 0) is 85.8 Å². The average Bonchev–Trinajstić information content (AvgIpc) is 2.92. The minimum atomic E-state index is -4.47. The highest BCUT2D eigenvalue weighted by molar-refractivity contribution is 8.00. The predicted octanol–water partition coefficient (Wildman–Crippen LogP) is 9.67. The van der Waals surface area contributed by atoms with Crippen molar-refractivity contribution in [2.45, 2.75) is 70.0 Å². The maximum Gasteiger partial charge on any atom is 0.416 e. The topological polar surface area (TPSA) is 51.2 Å². The molecule has 3 aromatic rings. The summed E-state index contributed by atoms with van der Waals surface area (Å²) in [5, 5.41) is 0.548. The maximum absolute atomic E-state index is 13.1. The van der Waals surface area contributed by atoms with E-state index in [1.165, 1.54) is 22.7 Å². The van der Waals surface area contributed by atoms with E-state index in [1.807, 2.05) is 24.8 Å². The van der Waals surface area contributed by atoms with Gasteiger partial charge in [-0.1, -0.05) is 36.7 Å². The first-order valence-corrected chi connectivity index (χ1v) is 15.5. The van der Waals surface area contributed by atoms with E-state index < -0.39 is 11.7 Å². The molecule has 1 aliphatic heterocycles. The van der Waals surface area contributed by atoms with Gasteiger partial charge in [0.1, 0.15) is 11.5 Å². The Labute approximate surface area is 244 Å². The molecule has 1 fully saturated rings. The molecule has 0 radical (unpaired) electrons.